The van der Waals surface area contributed by atoms with Crippen molar-refractivity contribution in [2.45, 2.75) is 27.1 Å². The molecular weight excluding hydrogens is 256 g/mol. The number of carbonyl (C=O) groups is 1. The number of ether oxygens (including phenoxy) is 2. The van der Waals surface area contributed by atoms with Gasteiger partial charge in [0.1, 0.15) is 5.75 Å². The second-order valence-electron chi connectivity index (χ2n) is 5.04. The van der Waals surface area contributed by atoms with Gasteiger partial charge in [0.2, 0.25) is 12.2 Å². The van der Waals surface area contributed by atoms with Gasteiger partial charge in [0, 0.05) is 19.7 Å². The molecule has 0 aliphatic heterocycles. The average molecular weight is 280 g/mol. The van der Waals surface area contributed by atoms with E-state index in [9.17, 15) is 4.79 Å². The van der Waals surface area contributed by atoms with Crippen LogP contribution in [-0.4, -0.2) is 32.4 Å². The Morgan fingerprint density at radius 3 is 2.35 bits per heavy atom. The summed E-state index contributed by atoms with van der Waals surface area (Å²) in [5.41, 5.74) is 0.747. The van der Waals surface area contributed by atoms with Gasteiger partial charge in [-0.1, -0.05) is 13.8 Å². The lowest BCUT2D eigenvalue weighted by Gasteiger charge is -2.19. The maximum Gasteiger partial charge on any atom is 0.221 e. The number of amides is 1. The van der Waals surface area contributed by atoms with Gasteiger partial charge in [0.15, 0.2) is 0 Å². The highest BCUT2D eigenvalue weighted by molar-refractivity contribution is 5.88. The zero-order valence-electron chi connectivity index (χ0n) is 12.6. The molecule has 1 aromatic carbocycles. The zero-order valence-corrected chi connectivity index (χ0v) is 12.6. The van der Waals surface area contributed by atoms with Crippen LogP contribution >= 0.6 is 0 Å². The third-order valence-corrected chi connectivity index (χ3v) is 2.57. The molecule has 0 heterocycles. The van der Waals surface area contributed by atoms with Crippen LogP contribution in [0.1, 0.15) is 20.8 Å². The van der Waals surface area contributed by atoms with Gasteiger partial charge < -0.3 is 20.1 Å². The fourth-order valence-electron chi connectivity index (χ4n) is 1.63. The molecule has 0 aliphatic carbocycles. The van der Waals surface area contributed by atoms with E-state index in [0.29, 0.717) is 18.2 Å². The molecule has 0 aliphatic rings. The van der Waals surface area contributed by atoms with Gasteiger partial charge in [0.25, 0.3) is 0 Å². The fraction of sp³-hybridized carbons (Fsp3) is 0.533. The number of carbonyl (C=O) groups excluding carboxylic acids is 1. The van der Waals surface area contributed by atoms with Gasteiger partial charge in [-0.15, -0.1) is 0 Å². The number of nitrogens with one attached hydrogen (secondary N) is 2. The standard InChI is InChI=1S/C15H24N2O3/c1-11(2)9-16-10-15(19-4)20-14-7-5-13(6-8-14)17-12(3)18/h5-8,11,15-16H,9-10H2,1-4H3,(H,17,18). The maximum atomic E-state index is 10.9. The Labute approximate surface area is 120 Å². The SMILES string of the molecule is COC(CNCC(C)C)Oc1ccc(NC(C)=O)cc1. The molecule has 5 heteroatoms. The zero-order chi connectivity index (χ0) is 15.0. The van der Waals surface area contributed by atoms with Crippen LogP contribution in [0.25, 0.3) is 0 Å². The number of hydrogen-bond donors (Lipinski definition) is 2. The summed E-state index contributed by atoms with van der Waals surface area (Å²) < 4.78 is 11.0. The molecule has 0 radical (unpaired) electrons. The van der Waals surface area contributed by atoms with E-state index in [2.05, 4.69) is 24.5 Å². The summed E-state index contributed by atoms with van der Waals surface area (Å²) in [7, 11) is 1.62. The van der Waals surface area contributed by atoms with Gasteiger partial charge in [-0.3, -0.25) is 4.79 Å². The van der Waals surface area contributed by atoms with E-state index in [0.717, 1.165) is 12.2 Å². The van der Waals surface area contributed by atoms with E-state index < -0.39 is 0 Å². The van der Waals surface area contributed by atoms with Crippen LogP contribution in [0.5, 0.6) is 5.75 Å². The number of anilines is 1. The van der Waals surface area contributed by atoms with Crippen molar-refractivity contribution in [1.82, 2.24) is 5.32 Å². The van der Waals surface area contributed by atoms with Crippen molar-refractivity contribution in [1.29, 1.82) is 0 Å². The summed E-state index contributed by atoms with van der Waals surface area (Å²) in [6, 6.07) is 7.20. The predicted molar refractivity (Wildman–Crippen MR) is 79.9 cm³/mol. The van der Waals surface area contributed by atoms with Gasteiger partial charge >= 0.3 is 0 Å². The van der Waals surface area contributed by atoms with Gasteiger partial charge in [-0.2, -0.15) is 0 Å². The maximum absolute atomic E-state index is 10.9. The van der Waals surface area contributed by atoms with E-state index in [1.165, 1.54) is 6.92 Å². The highest BCUT2D eigenvalue weighted by Crippen LogP contribution is 2.17. The van der Waals surface area contributed by atoms with E-state index >= 15 is 0 Å². The van der Waals surface area contributed by atoms with Crippen molar-refractivity contribution in [2.75, 3.05) is 25.5 Å². The molecule has 2 N–H and O–H groups in total. The van der Waals surface area contributed by atoms with Crippen LogP contribution in [0.15, 0.2) is 24.3 Å². The van der Waals surface area contributed by atoms with Crippen LogP contribution in [-0.2, 0) is 9.53 Å². The molecule has 1 rings (SSSR count). The number of rotatable bonds is 8. The largest absolute Gasteiger partial charge is 0.464 e. The smallest absolute Gasteiger partial charge is 0.221 e. The first-order valence-corrected chi connectivity index (χ1v) is 6.79. The molecule has 0 spiro atoms. The Kier molecular flexibility index (Phi) is 7.04. The van der Waals surface area contributed by atoms with Crippen LogP contribution < -0.4 is 15.4 Å². The minimum absolute atomic E-state index is 0.0914. The van der Waals surface area contributed by atoms with Crippen molar-refractivity contribution in [3.8, 4) is 5.75 Å². The van der Waals surface area contributed by atoms with E-state index in [-0.39, 0.29) is 12.2 Å². The summed E-state index contributed by atoms with van der Waals surface area (Å²) in [4.78, 5) is 10.9. The molecule has 0 bridgehead atoms. The third-order valence-electron chi connectivity index (χ3n) is 2.57. The van der Waals surface area contributed by atoms with Gasteiger partial charge in [-0.05, 0) is 36.7 Å². The molecule has 0 saturated heterocycles. The quantitative estimate of drug-likeness (QED) is 0.717. The molecule has 0 aromatic heterocycles. The Bertz CT molecular complexity index is 404. The van der Waals surface area contributed by atoms with Gasteiger partial charge in [0.05, 0.1) is 6.54 Å². The lowest BCUT2D eigenvalue weighted by atomic mass is 10.2. The normalized spacial score (nSPS) is 12.2. The first kappa shape index (κ1) is 16.5. The summed E-state index contributed by atoms with van der Waals surface area (Å²) in [6.45, 7) is 7.32. The second kappa shape index (κ2) is 8.55. The monoisotopic (exact) mass is 280 g/mol. The minimum Gasteiger partial charge on any atom is -0.464 e. The highest BCUT2D eigenvalue weighted by Gasteiger charge is 2.09. The van der Waals surface area contributed by atoms with Crippen molar-refractivity contribution >= 4 is 11.6 Å². The number of methoxy groups -OCH3 is 1. The summed E-state index contributed by atoms with van der Waals surface area (Å²) in [5.74, 6) is 1.20. The summed E-state index contributed by atoms with van der Waals surface area (Å²) in [6.07, 6.45) is -0.333. The fourth-order valence-corrected chi connectivity index (χ4v) is 1.63. The molecule has 0 fully saturated rings. The molecule has 20 heavy (non-hydrogen) atoms. The molecular formula is C15H24N2O3. The lowest BCUT2D eigenvalue weighted by molar-refractivity contribution is -0.114. The van der Waals surface area contributed by atoms with Crippen LogP contribution in [0.2, 0.25) is 0 Å². The molecule has 1 unspecified atom stereocenters. The Hall–Kier alpha value is -1.59. The minimum atomic E-state index is -0.333. The van der Waals surface area contributed by atoms with Crippen LogP contribution in [0, 0.1) is 5.92 Å². The molecule has 5 nitrogen and oxygen atoms in total. The number of benzene rings is 1. The molecule has 1 atom stereocenters. The first-order chi connectivity index (χ1) is 9.51. The highest BCUT2D eigenvalue weighted by atomic mass is 16.7. The number of hydrogen-bond acceptors (Lipinski definition) is 4. The summed E-state index contributed by atoms with van der Waals surface area (Å²) in [5, 5.41) is 5.99. The van der Waals surface area contributed by atoms with Crippen molar-refractivity contribution < 1.29 is 14.3 Å². The Morgan fingerprint density at radius 1 is 1.20 bits per heavy atom. The van der Waals surface area contributed by atoms with Crippen molar-refractivity contribution in [2.24, 2.45) is 5.92 Å². The van der Waals surface area contributed by atoms with Crippen LogP contribution in [0.3, 0.4) is 0 Å². The van der Waals surface area contributed by atoms with E-state index in [1.807, 2.05) is 0 Å². The predicted octanol–water partition coefficient (Wildman–Crippen LogP) is 2.24. The van der Waals surface area contributed by atoms with E-state index in [1.54, 1.807) is 31.4 Å². The molecule has 1 aromatic rings. The molecule has 1 amide bonds. The molecule has 112 valence electrons. The van der Waals surface area contributed by atoms with Crippen molar-refractivity contribution in [3.05, 3.63) is 24.3 Å². The molecule has 0 saturated carbocycles. The van der Waals surface area contributed by atoms with Crippen molar-refractivity contribution in [3.63, 3.8) is 0 Å². The average Bonchev–Trinajstić information content (AvgIpc) is 2.38. The summed E-state index contributed by atoms with van der Waals surface area (Å²) >= 11 is 0. The Morgan fingerprint density at radius 2 is 1.85 bits per heavy atom. The second-order valence-corrected chi connectivity index (χ2v) is 5.04. The first-order valence-electron chi connectivity index (χ1n) is 6.79. The lowest BCUT2D eigenvalue weighted by Crippen LogP contribution is -2.34. The van der Waals surface area contributed by atoms with E-state index in [4.69, 9.17) is 9.47 Å². The Balaban J connectivity index is 2.46. The third kappa shape index (κ3) is 6.54. The van der Waals surface area contributed by atoms with Crippen LogP contribution in [0.4, 0.5) is 5.69 Å². The topological polar surface area (TPSA) is 59.6 Å². The van der Waals surface area contributed by atoms with Gasteiger partial charge in [-0.25, -0.2) is 0 Å².